The molecule has 27 heteroatoms. The average molecular weight is 1520 g/mol. The number of amides is 3. The van der Waals surface area contributed by atoms with Crippen molar-refractivity contribution in [2.45, 2.75) is 200 Å². The smallest absolute Gasteiger partial charge is 0.870 e. The Labute approximate surface area is 661 Å². The predicted octanol–water partition coefficient (Wildman–Crippen LogP) is 9.28. The Morgan fingerprint density at radius 3 is 1.19 bits per heavy atom. The molecular weight excluding hydrogens is 1410 g/mol. The molecule has 10 heterocycles. The van der Waals surface area contributed by atoms with Crippen LogP contribution in [0.3, 0.4) is 0 Å². The third kappa shape index (κ3) is 23.2. The third-order valence-electron chi connectivity index (χ3n) is 21.0. The minimum absolute atomic E-state index is 0. The Kier molecular flexibility index (Phi) is 35.7. The molecule has 580 valence electrons. The molecular formula is C81H109LiN10O14S2. The van der Waals surface area contributed by atoms with E-state index in [1.54, 1.807) is 91.8 Å². The minimum atomic E-state index is -0.935. The molecule has 3 amide bonds. The van der Waals surface area contributed by atoms with Crippen LogP contribution in [0.4, 0.5) is 0 Å². The van der Waals surface area contributed by atoms with Gasteiger partial charge in [-0.15, -0.1) is 0 Å². The summed E-state index contributed by atoms with van der Waals surface area (Å²) in [5.41, 5.74) is 10.5. The zero-order valence-electron chi connectivity index (χ0n) is 64.3. The predicted molar refractivity (Wildman–Crippen MR) is 415 cm³/mol. The van der Waals surface area contributed by atoms with E-state index >= 15 is 0 Å². The van der Waals surface area contributed by atoms with Gasteiger partial charge in [0.2, 0.25) is 35.4 Å². The van der Waals surface area contributed by atoms with Gasteiger partial charge in [0.15, 0.2) is 5.65 Å². The van der Waals surface area contributed by atoms with Gasteiger partial charge in [-0.05, 0) is 208 Å². The van der Waals surface area contributed by atoms with Crippen molar-refractivity contribution in [3.63, 3.8) is 0 Å². The number of carbonyl (C=O) groups excluding carboxylic acids is 5. The molecule has 3 unspecified atom stereocenters. The van der Waals surface area contributed by atoms with Crippen molar-refractivity contribution >= 4 is 73.7 Å². The van der Waals surface area contributed by atoms with Gasteiger partial charge in [-0.1, -0.05) is 49.6 Å². The molecule has 3 saturated heterocycles. The molecule has 0 saturated carbocycles. The molecule has 108 heavy (non-hydrogen) atoms. The first kappa shape index (κ1) is 90.4. The number of esters is 2. The van der Waals surface area contributed by atoms with Gasteiger partial charge in [0.05, 0.1) is 88.2 Å². The van der Waals surface area contributed by atoms with E-state index in [0.29, 0.717) is 56.1 Å². The monoisotopic (exact) mass is 1520 g/mol. The minimum Gasteiger partial charge on any atom is -0.870 e. The summed E-state index contributed by atoms with van der Waals surface area (Å²) in [4.78, 5) is 112. The molecule has 7 aromatic heterocycles. The van der Waals surface area contributed by atoms with E-state index in [1.807, 2.05) is 51.1 Å². The molecule has 7 aromatic rings. The number of nitrogens with zero attached hydrogens (tertiary/aromatic N) is 10. The summed E-state index contributed by atoms with van der Waals surface area (Å²) in [5.74, 6) is 0.0497. The Hall–Kier alpha value is -8.25. The Bertz CT molecular complexity index is 4080. The van der Waals surface area contributed by atoms with Crippen molar-refractivity contribution in [3.05, 3.63) is 166 Å². The Balaban J connectivity index is 0.000000284. The van der Waals surface area contributed by atoms with E-state index in [-0.39, 0.29) is 112 Å². The SMILES string of the molecule is CCOC(=O)C[C@@H](c1ccc(OC)nc1)N1CC(C)(CCCCc2ccc3c(n2)CCCC3)C1=O.CCOC(=O)C[C@@H](c1ccc(OC)nc1)N1CC(C)(CCCCc2ccc3cccnc3n2)C1=O.COc1ccc([C@H](CC(=O)O)N2CC(C)(CCCCc3ccc4c(n3)CCCC4)C2=O)cn1.O.S.S.[Li+].[OH-]. The van der Waals surface area contributed by atoms with E-state index in [4.69, 9.17) is 33.7 Å². The number of methoxy groups -OCH3 is 3. The number of carboxylic acid groups (broad SMARTS) is 1. The van der Waals surface area contributed by atoms with E-state index in [9.17, 15) is 33.9 Å². The van der Waals surface area contributed by atoms with Gasteiger partial charge in [0.1, 0.15) is 0 Å². The van der Waals surface area contributed by atoms with Crippen molar-refractivity contribution in [2.75, 3.05) is 54.2 Å². The molecule has 4 N–H and O–H groups in total. The molecule has 3 fully saturated rings. The summed E-state index contributed by atoms with van der Waals surface area (Å²) in [5, 5.41) is 10.4. The van der Waals surface area contributed by atoms with E-state index in [1.165, 1.54) is 61.0 Å². The number of β-lactam (4-membered cyclic amide) rings is 3. The van der Waals surface area contributed by atoms with Crippen LogP contribution in [0, 0.1) is 16.2 Å². The van der Waals surface area contributed by atoms with Gasteiger partial charge in [-0.25, -0.2) is 24.9 Å². The van der Waals surface area contributed by atoms with E-state index in [2.05, 4.69) is 55.3 Å². The molecule has 12 rings (SSSR count). The molecule has 0 spiro atoms. The molecule has 5 aliphatic rings. The molecule has 6 atom stereocenters. The summed E-state index contributed by atoms with van der Waals surface area (Å²) >= 11 is 0. The maximum Gasteiger partial charge on any atom is 1.00 e. The largest absolute Gasteiger partial charge is 1.00 e. The summed E-state index contributed by atoms with van der Waals surface area (Å²) in [6.07, 6.45) is 27.2. The summed E-state index contributed by atoms with van der Waals surface area (Å²) < 4.78 is 25.7. The van der Waals surface area contributed by atoms with Gasteiger partial charge in [0.25, 0.3) is 0 Å². The number of likely N-dealkylation sites (tertiary alicyclic amines) is 3. The van der Waals surface area contributed by atoms with Crippen LogP contribution in [0.5, 0.6) is 17.6 Å². The van der Waals surface area contributed by atoms with Crippen LogP contribution in [0.25, 0.3) is 11.0 Å². The van der Waals surface area contributed by atoms with Crippen molar-refractivity contribution in [2.24, 2.45) is 16.2 Å². The number of pyridine rings is 7. The molecule has 2 aliphatic carbocycles. The van der Waals surface area contributed by atoms with Gasteiger partial charge in [-0.3, -0.25) is 38.7 Å². The maximum atomic E-state index is 13.3. The molecule has 0 aromatic carbocycles. The fourth-order valence-corrected chi connectivity index (χ4v) is 15.0. The normalized spacial score (nSPS) is 18.7. The summed E-state index contributed by atoms with van der Waals surface area (Å²) in [6, 6.07) is 26.2. The molecule has 3 aliphatic heterocycles. The zero-order chi connectivity index (χ0) is 73.1. The van der Waals surface area contributed by atoms with Crippen LogP contribution in [0.2, 0.25) is 0 Å². The molecule has 24 nitrogen and oxygen atoms in total. The van der Waals surface area contributed by atoms with Crippen molar-refractivity contribution < 1.29 is 87.4 Å². The van der Waals surface area contributed by atoms with Crippen LogP contribution in [-0.4, -0.2) is 155 Å². The van der Waals surface area contributed by atoms with E-state index < -0.39 is 34.3 Å². The first-order valence-electron chi connectivity index (χ1n) is 36.9. The fourth-order valence-electron chi connectivity index (χ4n) is 15.0. The van der Waals surface area contributed by atoms with Gasteiger partial charge in [0, 0.05) is 96.5 Å². The number of unbranched alkanes of at least 4 members (excludes halogenated alkanes) is 3. The Morgan fingerprint density at radius 1 is 0.481 bits per heavy atom. The van der Waals surface area contributed by atoms with Crippen molar-refractivity contribution in [3.8, 4) is 17.6 Å². The molecule has 0 bridgehead atoms. The van der Waals surface area contributed by atoms with Crippen LogP contribution < -0.4 is 33.1 Å². The average Bonchev–Trinajstić information content (AvgIpc) is 0.760. The van der Waals surface area contributed by atoms with Crippen molar-refractivity contribution in [1.29, 1.82) is 0 Å². The number of aliphatic carboxylic acids is 1. The first-order valence-corrected chi connectivity index (χ1v) is 36.9. The standard InChI is InChI=1S/C28H37N3O4.C27H32N4O4.C26H33N3O4.Li.2H2O.2H2S/c1-4-35-26(32)17-24(21-13-15-25(34-3)29-18-21)31-19-28(2,27(31)33)16-8-7-10-22-14-12-20-9-5-6-11-23(20)30-22;1-4-35-24(32)16-22(20-11-13-23(34-3)29-17-20)31-18-27(2,26(31)33)14-6-5-9-21-12-10-19-8-7-15-28-25(19)30-21;1-26(14-6-5-8-20-12-10-18-7-3-4-9-21(18)28-20)17-29(25(26)32)22(15-24(30)31)19-11-13-23(33-2)27-16-19;;;;;/h12-15,18,24H,4-11,16-17,19H2,1-3H3;7-8,10-13,15,17,22H,4-6,9,14,16,18H2,1-3H3;10-13,16,22H,3-9,14-15,17H2,1-2H3,(H,30,31);;4*1H2/q;;;+1;;;;/p-1/t24-,28?;22-,27?;22-,26?;;;;;/m000...../s1. The van der Waals surface area contributed by atoms with Crippen molar-refractivity contribution in [1.82, 2.24) is 49.6 Å². The second-order valence-corrected chi connectivity index (χ2v) is 28.8. The van der Waals surface area contributed by atoms with Gasteiger partial charge in [-0.2, -0.15) is 27.0 Å². The van der Waals surface area contributed by atoms with Crippen LogP contribution in [0.15, 0.2) is 110 Å². The second kappa shape index (κ2) is 42.6. The fraction of sp³-hybridized carbons (Fsp3) is 0.519. The quantitative estimate of drug-likeness (QED) is 0.0177. The number of rotatable bonds is 32. The summed E-state index contributed by atoms with van der Waals surface area (Å²) in [6.45, 7) is 12.0. The van der Waals surface area contributed by atoms with Crippen LogP contribution >= 0.6 is 27.0 Å². The number of ether oxygens (including phenoxy) is 5. The number of carbonyl (C=O) groups is 6. The number of hydrogen-bond acceptors (Lipinski definition) is 19. The van der Waals surface area contributed by atoms with Crippen LogP contribution in [-0.2, 0) is 83.2 Å². The zero-order valence-corrected chi connectivity index (χ0v) is 66.3. The topological polar surface area (TPSA) is 330 Å². The maximum absolute atomic E-state index is 13.3. The Morgan fingerprint density at radius 2 is 0.843 bits per heavy atom. The molecule has 0 radical (unpaired) electrons. The second-order valence-electron chi connectivity index (χ2n) is 28.8. The van der Waals surface area contributed by atoms with Gasteiger partial charge < -0.3 is 54.4 Å². The number of aryl methyl sites for hydroxylation is 7. The number of hydrogen-bond donors (Lipinski definition) is 1. The van der Waals surface area contributed by atoms with Gasteiger partial charge >= 0.3 is 36.8 Å². The third-order valence-corrected chi connectivity index (χ3v) is 21.0. The number of fused-ring (bicyclic) bond motifs is 3. The number of aromatic nitrogens is 7. The number of carboxylic acids is 1. The van der Waals surface area contributed by atoms with E-state index in [0.717, 1.165) is 136 Å². The van der Waals surface area contributed by atoms with Crippen LogP contribution in [0.1, 0.15) is 212 Å². The first-order chi connectivity index (χ1) is 49.8. The summed E-state index contributed by atoms with van der Waals surface area (Å²) in [7, 11) is 4.64.